The van der Waals surface area contributed by atoms with Crippen LogP contribution in [0.4, 0.5) is 13.2 Å². The molecule has 1 aromatic carbocycles. The molecule has 0 bridgehead atoms. The van der Waals surface area contributed by atoms with E-state index in [1.165, 1.54) is 18.3 Å². The molecule has 0 aliphatic heterocycles. The van der Waals surface area contributed by atoms with Crippen LogP contribution in [-0.2, 0) is 17.2 Å². The molecule has 0 saturated heterocycles. The lowest BCUT2D eigenvalue weighted by Crippen LogP contribution is -2.19. The van der Waals surface area contributed by atoms with Gasteiger partial charge in [-0.3, -0.25) is 0 Å². The van der Waals surface area contributed by atoms with Gasteiger partial charge in [0.25, 0.3) is 0 Å². The summed E-state index contributed by atoms with van der Waals surface area (Å²) in [5.41, 5.74) is -0.293. The second-order valence-corrected chi connectivity index (χ2v) is 7.62. The fraction of sp³-hybridized carbons (Fsp3) is 0.417. The molecule has 0 aromatic heterocycles. The molecule has 1 atom stereocenters. The zero-order valence-electron chi connectivity index (χ0n) is 10.6. The Hall–Kier alpha value is -0.690. The summed E-state index contributed by atoms with van der Waals surface area (Å²) in [6.45, 7) is 5.30. The number of benzene rings is 1. The van der Waals surface area contributed by atoms with Gasteiger partial charge < -0.3 is 0 Å². The van der Waals surface area contributed by atoms with Crippen LogP contribution in [-0.4, -0.2) is 15.2 Å². The van der Waals surface area contributed by atoms with E-state index in [0.717, 1.165) is 6.07 Å². The number of hydrogen-bond acceptors (Lipinski definition) is 1. The first-order valence-electron chi connectivity index (χ1n) is 5.34. The largest absolute Gasteiger partial charge is 0.417 e. The zero-order chi connectivity index (χ0) is 14.8. The molecule has 1 rings (SSSR count). The van der Waals surface area contributed by atoms with Crippen LogP contribution in [0.15, 0.2) is 27.1 Å². The lowest BCUT2D eigenvalue weighted by Gasteiger charge is -2.13. The van der Waals surface area contributed by atoms with Crippen LogP contribution in [0.3, 0.4) is 0 Å². The van der Waals surface area contributed by atoms with Gasteiger partial charge >= 0.3 is 6.18 Å². The van der Waals surface area contributed by atoms with Crippen molar-refractivity contribution in [2.45, 2.75) is 31.7 Å². The molecule has 0 heterocycles. The second kappa shape index (κ2) is 5.75. The van der Waals surface area contributed by atoms with Crippen molar-refractivity contribution in [2.75, 3.05) is 0 Å². The van der Waals surface area contributed by atoms with Crippen molar-refractivity contribution in [3.63, 3.8) is 0 Å². The third kappa shape index (κ3) is 4.72. The molecule has 0 N–H and O–H groups in total. The Labute approximate surface area is 120 Å². The van der Waals surface area contributed by atoms with Crippen LogP contribution in [0.5, 0.6) is 0 Å². The summed E-state index contributed by atoms with van der Waals surface area (Å²) < 4.78 is 52.6. The van der Waals surface area contributed by atoms with Crippen molar-refractivity contribution in [3.8, 4) is 0 Å². The molecule has 0 amide bonds. The van der Waals surface area contributed by atoms with Gasteiger partial charge in [0, 0.05) is 10.7 Å². The SMILES string of the molecule is CC(C)(C)S(=O)N=Cc1ccc(C(F)(F)F)c(Br)c1. The zero-order valence-corrected chi connectivity index (χ0v) is 13.0. The normalized spacial score (nSPS) is 14.9. The number of halogens is 4. The van der Waals surface area contributed by atoms with Gasteiger partial charge in [-0.2, -0.15) is 17.6 Å². The van der Waals surface area contributed by atoms with E-state index < -0.39 is 27.5 Å². The molecule has 7 heteroatoms. The number of hydrogen-bond donors (Lipinski definition) is 0. The number of alkyl halides is 3. The van der Waals surface area contributed by atoms with Crippen molar-refractivity contribution in [1.82, 2.24) is 0 Å². The minimum Gasteiger partial charge on any atom is -0.234 e. The van der Waals surface area contributed by atoms with Crippen LogP contribution in [0.25, 0.3) is 0 Å². The maximum absolute atomic E-state index is 12.5. The lowest BCUT2D eigenvalue weighted by molar-refractivity contribution is -0.138. The molecular weight excluding hydrogens is 343 g/mol. The van der Waals surface area contributed by atoms with Crippen LogP contribution < -0.4 is 0 Å². The quantitative estimate of drug-likeness (QED) is 0.725. The Kier molecular flexibility index (Phi) is 4.95. The first-order valence-corrected chi connectivity index (χ1v) is 7.24. The van der Waals surface area contributed by atoms with Crippen molar-refractivity contribution < 1.29 is 17.4 Å². The molecule has 0 radical (unpaired) electrons. The van der Waals surface area contributed by atoms with Gasteiger partial charge in [-0.05, 0) is 38.5 Å². The average Bonchev–Trinajstić information content (AvgIpc) is 2.22. The van der Waals surface area contributed by atoms with Crippen LogP contribution in [0, 0.1) is 0 Å². The fourth-order valence-electron chi connectivity index (χ4n) is 1.11. The Balaban J connectivity index is 2.98. The van der Waals surface area contributed by atoms with E-state index >= 15 is 0 Å². The second-order valence-electron chi connectivity index (χ2n) is 4.83. The van der Waals surface area contributed by atoms with Gasteiger partial charge in [0.1, 0.15) is 11.0 Å². The molecule has 2 nitrogen and oxygen atoms in total. The summed E-state index contributed by atoms with van der Waals surface area (Å²) in [5, 5.41) is 0. The molecule has 0 aliphatic rings. The molecule has 19 heavy (non-hydrogen) atoms. The highest BCUT2D eigenvalue weighted by Gasteiger charge is 2.32. The maximum atomic E-state index is 12.5. The van der Waals surface area contributed by atoms with Crippen LogP contribution in [0.1, 0.15) is 31.9 Å². The Morgan fingerprint density at radius 2 is 1.84 bits per heavy atom. The molecule has 0 aliphatic carbocycles. The van der Waals surface area contributed by atoms with Gasteiger partial charge in [0.05, 0.1) is 10.3 Å². The van der Waals surface area contributed by atoms with E-state index in [0.29, 0.717) is 5.56 Å². The van der Waals surface area contributed by atoms with E-state index in [1.807, 2.05) is 0 Å². The Bertz CT molecular complexity index is 521. The summed E-state index contributed by atoms with van der Waals surface area (Å²) in [6, 6.07) is 3.55. The van der Waals surface area contributed by atoms with Gasteiger partial charge in [0.15, 0.2) is 0 Å². The summed E-state index contributed by atoms with van der Waals surface area (Å²) in [6.07, 6.45) is -3.09. The van der Waals surface area contributed by atoms with Gasteiger partial charge in [-0.25, -0.2) is 4.21 Å². The lowest BCUT2D eigenvalue weighted by atomic mass is 10.1. The van der Waals surface area contributed by atoms with Crippen LogP contribution in [0.2, 0.25) is 0 Å². The van der Waals surface area contributed by atoms with E-state index in [-0.39, 0.29) is 4.47 Å². The standard InChI is InChI=1S/C12H13BrF3NOS/c1-11(2,3)19(18)17-7-8-4-5-9(10(13)6-8)12(14,15)16/h4-7H,1-3H3. The van der Waals surface area contributed by atoms with Crippen molar-refractivity contribution in [3.05, 3.63) is 33.8 Å². The predicted octanol–water partition coefficient (Wildman–Crippen LogP) is 4.35. The average molecular weight is 356 g/mol. The maximum Gasteiger partial charge on any atom is 0.417 e. The fourth-order valence-corrected chi connectivity index (χ4v) is 2.26. The Morgan fingerprint density at radius 1 is 1.26 bits per heavy atom. The smallest absolute Gasteiger partial charge is 0.234 e. The molecule has 0 spiro atoms. The molecule has 1 aromatic rings. The molecule has 0 saturated carbocycles. The van der Waals surface area contributed by atoms with Crippen molar-refractivity contribution in [2.24, 2.45) is 4.40 Å². The first-order chi connectivity index (χ1) is 8.51. The van der Waals surface area contributed by atoms with E-state index in [4.69, 9.17) is 0 Å². The Morgan fingerprint density at radius 3 is 2.26 bits per heavy atom. The minimum absolute atomic E-state index is 0.0644. The highest BCUT2D eigenvalue weighted by molar-refractivity contribution is 9.10. The predicted molar refractivity (Wildman–Crippen MR) is 74.6 cm³/mol. The van der Waals surface area contributed by atoms with Gasteiger partial charge in [-0.1, -0.05) is 22.0 Å². The topological polar surface area (TPSA) is 29.4 Å². The molecule has 0 fully saturated rings. The minimum atomic E-state index is -4.40. The van der Waals surface area contributed by atoms with E-state index in [1.54, 1.807) is 20.8 Å². The third-order valence-electron chi connectivity index (χ3n) is 2.12. The molecular formula is C12H13BrF3NOS. The van der Waals surface area contributed by atoms with Gasteiger partial charge in [0.2, 0.25) is 0 Å². The van der Waals surface area contributed by atoms with Crippen LogP contribution >= 0.6 is 15.9 Å². The third-order valence-corrected chi connectivity index (χ3v) is 4.12. The van der Waals surface area contributed by atoms with E-state index in [9.17, 15) is 17.4 Å². The molecule has 106 valence electrons. The van der Waals surface area contributed by atoms with E-state index in [2.05, 4.69) is 20.3 Å². The number of nitrogens with zero attached hydrogens (tertiary/aromatic N) is 1. The monoisotopic (exact) mass is 355 g/mol. The summed E-state index contributed by atoms with van der Waals surface area (Å²) in [5.74, 6) is 0. The van der Waals surface area contributed by atoms with Gasteiger partial charge in [-0.15, -0.1) is 0 Å². The summed E-state index contributed by atoms with van der Waals surface area (Å²) in [7, 11) is -1.43. The van der Waals surface area contributed by atoms with Crippen molar-refractivity contribution in [1.29, 1.82) is 0 Å². The molecule has 1 unspecified atom stereocenters. The summed E-state index contributed by atoms with van der Waals surface area (Å²) in [4.78, 5) is 0. The number of rotatable bonds is 2. The van der Waals surface area contributed by atoms with Crippen molar-refractivity contribution >= 4 is 33.1 Å². The first kappa shape index (κ1) is 16.4. The highest BCUT2D eigenvalue weighted by atomic mass is 79.9. The summed E-state index contributed by atoms with van der Waals surface area (Å²) >= 11 is 2.87. The highest BCUT2D eigenvalue weighted by Crippen LogP contribution is 2.34.